The first-order valence-electron chi connectivity index (χ1n) is 22.9. The number of sulfonamides is 1. The number of amides is 1. The summed E-state index contributed by atoms with van der Waals surface area (Å²) in [6.07, 6.45) is 6.15. The predicted molar refractivity (Wildman–Crippen MR) is 260 cm³/mol. The molecule has 1 aliphatic carbocycles. The maximum Gasteiger partial charge on any atom is 0.293 e. The number of aromatic nitrogens is 2. The normalized spacial score (nSPS) is 19.4. The lowest BCUT2D eigenvalue weighted by atomic mass is 9.72. The Hall–Kier alpha value is -5.72. The summed E-state index contributed by atoms with van der Waals surface area (Å²) in [6, 6.07) is 21.0. The maximum atomic E-state index is 14.5. The van der Waals surface area contributed by atoms with E-state index in [9.17, 15) is 23.3 Å². The van der Waals surface area contributed by atoms with Crippen LogP contribution in [0.4, 0.5) is 28.4 Å². The number of aromatic amines is 1. The monoisotopic (exact) mass is 952 g/mol. The van der Waals surface area contributed by atoms with Crippen molar-refractivity contribution in [2.75, 3.05) is 87.9 Å². The van der Waals surface area contributed by atoms with Crippen molar-refractivity contribution < 1.29 is 32.3 Å². The Morgan fingerprint density at radius 3 is 2.54 bits per heavy atom. The number of rotatable bonds is 13. The number of methoxy groups -OCH3 is 1. The van der Waals surface area contributed by atoms with Crippen LogP contribution < -0.4 is 24.6 Å². The molecule has 354 valence electrons. The number of hydrogen-bond acceptors (Lipinski definition) is 13. The number of carbonyl (C=O) groups excluding carboxylic acids is 1. The van der Waals surface area contributed by atoms with Crippen LogP contribution in [-0.2, 0) is 19.5 Å². The van der Waals surface area contributed by atoms with E-state index in [4.69, 9.17) is 30.8 Å². The van der Waals surface area contributed by atoms with Crippen LogP contribution in [-0.4, -0.2) is 113 Å². The van der Waals surface area contributed by atoms with Gasteiger partial charge in [-0.15, -0.1) is 0 Å². The van der Waals surface area contributed by atoms with Gasteiger partial charge in [-0.25, -0.2) is 13.1 Å². The van der Waals surface area contributed by atoms with Crippen LogP contribution in [0.2, 0.25) is 5.02 Å². The van der Waals surface area contributed by atoms with E-state index in [2.05, 4.69) is 50.8 Å². The number of halogens is 1. The third kappa shape index (κ3) is 10.4. The lowest BCUT2D eigenvalue weighted by Crippen LogP contribution is -2.47. The van der Waals surface area contributed by atoms with Crippen molar-refractivity contribution in [3.8, 4) is 5.88 Å². The Balaban J connectivity index is 1.01. The quantitative estimate of drug-likeness (QED) is 0.0756. The number of nitrogens with zero attached hydrogens (tertiary/aromatic N) is 5. The molecular weight excluding hydrogens is 896 g/mol. The molecule has 1 amide bonds. The van der Waals surface area contributed by atoms with Crippen LogP contribution in [0.1, 0.15) is 61.9 Å². The van der Waals surface area contributed by atoms with Gasteiger partial charge >= 0.3 is 0 Å². The molecule has 5 aromatic rings. The first kappa shape index (κ1) is 46.4. The second-order valence-corrected chi connectivity index (χ2v) is 20.8. The molecule has 9 rings (SSSR count). The highest BCUT2D eigenvalue weighted by Crippen LogP contribution is 2.44. The van der Waals surface area contributed by atoms with E-state index in [1.807, 2.05) is 41.3 Å². The van der Waals surface area contributed by atoms with E-state index in [0.29, 0.717) is 42.7 Å². The summed E-state index contributed by atoms with van der Waals surface area (Å²) in [4.78, 5) is 40.3. The highest BCUT2D eigenvalue weighted by molar-refractivity contribution is 7.90. The van der Waals surface area contributed by atoms with Crippen molar-refractivity contribution in [1.29, 1.82) is 0 Å². The number of hydrogen-bond donors (Lipinski definition) is 3. The van der Waals surface area contributed by atoms with Crippen molar-refractivity contribution in [2.24, 2.45) is 11.3 Å². The second kappa shape index (κ2) is 19.5. The van der Waals surface area contributed by atoms with Crippen LogP contribution in [0, 0.1) is 21.4 Å². The molecule has 67 heavy (non-hydrogen) atoms. The number of carbonyl (C=O) groups is 1. The van der Waals surface area contributed by atoms with Crippen molar-refractivity contribution >= 4 is 72.6 Å². The molecule has 16 nitrogen and oxygen atoms in total. The molecular formula is C49H57ClN8O8S. The van der Waals surface area contributed by atoms with Crippen LogP contribution >= 0.6 is 11.6 Å². The van der Waals surface area contributed by atoms with Gasteiger partial charge in [0, 0.05) is 88.0 Å². The average Bonchev–Trinajstić information content (AvgIpc) is 3.71. The molecule has 2 aromatic heterocycles. The highest BCUT2D eigenvalue weighted by Gasteiger charge is 2.33. The Kier molecular flexibility index (Phi) is 13.5. The Bertz CT molecular complexity index is 2780. The number of ether oxygens (including phenoxy) is 3. The lowest BCUT2D eigenvalue weighted by molar-refractivity contribution is -0.384. The van der Waals surface area contributed by atoms with E-state index < -0.39 is 37.5 Å². The van der Waals surface area contributed by atoms with Gasteiger partial charge in [0.15, 0.2) is 0 Å². The summed E-state index contributed by atoms with van der Waals surface area (Å²) >= 11 is 6.28. The van der Waals surface area contributed by atoms with Gasteiger partial charge in [-0.2, -0.15) is 4.98 Å². The topological polar surface area (TPSA) is 184 Å². The molecule has 3 aliphatic heterocycles. The van der Waals surface area contributed by atoms with Gasteiger partial charge in [-0.3, -0.25) is 19.8 Å². The van der Waals surface area contributed by atoms with Gasteiger partial charge in [0.25, 0.3) is 21.6 Å². The van der Waals surface area contributed by atoms with Gasteiger partial charge in [-0.05, 0) is 109 Å². The van der Waals surface area contributed by atoms with E-state index >= 15 is 0 Å². The largest absolute Gasteiger partial charge is 0.473 e. The number of fused-ring (bicyclic) bond motifs is 2. The number of nitro groups is 1. The summed E-state index contributed by atoms with van der Waals surface area (Å²) < 4.78 is 47.7. The van der Waals surface area contributed by atoms with Crippen LogP contribution in [0.15, 0.2) is 89.5 Å². The van der Waals surface area contributed by atoms with Crippen LogP contribution in [0.3, 0.4) is 0 Å². The van der Waals surface area contributed by atoms with E-state index in [1.165, 1.54) is 28.8 Å². The fourth-order valence-corrected chi connectivity index (χ4v) is 10.7. The summed E-state index contributed by atoms with van der Waals surface area (Å²) in [7, 11) is -3.02. The molecule has 0 saturated carbocycles. The number of piperazine rings is 1. The number of benzene rings is 3. The van der Waals surface area contributed by atoms with Crippen molar-refractivity contribution in [3.05, 3.63) is 111 Å². The lowest BCUT2D eigenvalue weighted by Gasteiger charge is -2.39. The number of H-pyrrole nitrogens is 1. The molecule has 18 heteroatoms. The smallest absolute Gasteiger partial charge is 0.293 e. The summed E-state index contributed by atoms with van der Waals surface area (Å²) in [5, 5.41) is 16.9. The molecule has 3 N–H and O–H groups in total. The second-order valence-electron chi connectivity index (χ2n) is 18.7. The van der Waals surface area contributed by atoms with Crippen LogP contribution in [0.5, 0.6) is 5.88 Å². The third-order valence-corrected chi connectivity index (χ3v) is 15.2. The minimum Gasteiger partial charge on any atom is -0.473 e. The summed E-state index contributed by atoms with van der Waals surface area (Å²) in [5.41, 5.74) is 6.63. The predicted octanol–water partition coefficient (Wildman–Crippen LogP) is 8.41. The molecule has 2 saturated heterocycles. The SMILES string of the molecule is CO[C@H]1COc2nc3[nH]ccc3cc2N(c2cc(N3CCN(CC4=C(c5ccc(Cl)cc5)CC(C)(C)CC4)CC3)ccc2C(=O)NS(=O)(=O)c2ccc(NCC3CCOCC3)c([N+](=O)[O-])c2)C1. The molecule has 5 heterocycles. The standard InChI is InChI=1S/C49H57ClN8O8S/c1-49(2)16-12-35(41(27-49)33-4-6-36(50)7-5-33)29-55-18-20-56(21-19-55)37-8-10-40(43(25-37)57-30-38(64-3)31-66-48-45(57)24-34-13-17-51-46(34)53-48)47(59)54-67(62,63)39-9-11-42(44(26-39)58(60)61)52-28-32-14-22-65-23-15-32/h4-11,13,17,24-26,32,38,52H,12,14-16,18-23,27-31H2,1-3H3,(H,51,53)(H,54,59)/t38-/m1/s1. The van der Waals surface area contributed by atoms with Gasteiger partial charge in [0.05, 0.1) is 27.6 Å². The highest BCUT2D eigenvalue weighted by atomic mass is 35.5. The first-order chi connectivity index (χ1) is 32.2. The van der Waals surface area contributed by atoms with Crippen molar-refractivity contribution in [1.82, 2.24) is 19.6 Å². The molecule has 0 unspecified atom stereocenters. The van der Waals surface area contributed by atoms with Crippen LogP contribution in [0.25, 0.3) is 16.6 Å². The van der Waals surface area contributed by atoms with E-state index in [0.717, 1.165) is 87.0 Å². The minimum atomic E-state index is -4.61. The fourth-order valence-electron chi connectivity index (χ4n) is 9.60. The number of allylic oxidation sites excluding steroid dienone is 1. The van der Waals surface area contributed by atoms with E-state index in [-0.39, 0.29) is 35.7 Å². The fraction of sp³-hybridized carbons (Fsp3) is 0.429. The van der Waals surface area contributed by atoms with Crippen molar-refractivity contribution in [2.45, 2.75) is 57.0 Å². The summed E-state index contributed by atoms with van der Waals surface area (Å²) in [6.45, 7) is 10.8. The molecule has 0 spiro atoms. The summed E-state index contributed by atoms with van der Waals surface area (Å²) in [5.74, 6) is -0.323. The zero-order valence-corrected chi connectivity index (χ0v) is 39.6. The Morgan fingerprint density at radius 2 is 1.79 bits per heavy atom. The molecule has 0 bridgehead atoms. The number of anilines is 4. The van der Waals surface area contributed by atoms with Gasteiger partial charge in [0.2, 0.25) is 5.88 Å². The molecule has 4 aliphatic rings. The molecule has 1 atom stereocenters. The van der Waals surface area contributed by atoms with Gasteiger partial charge in [0.1, 0.15) is 29.7 Å². The number of pyridine rings is 1. The first-order valence-corrected chi connectivity index (χ1v) is 24.8. The van der Waals surface area contributed by atoms with Gasteiger partial charge < -0.3 is 34.3 Å². The number of nitrogens with one attached hydrogen (secondary N) is 3. The average molecular weight is 954 g/mol. The minimum absolute atomic E-state index is 0.0639. The van der Waals surface area contributed by atoms with Crippen molar-refractivity contribution in [3.63, 3.8) is 0 Å². The molecule has 0 radical (unpaired) electrons. The molecule has 3 aromatic carbocycles. The van der Waals surface area contributed by atoms with Gasteiger partial charge in [-0.1, -0.05) is 43.2 Å². The number of nitro benzene ring substituents is 1. The Labute approximate surface area is 395 Å². The zero-order valence-electron chi connectivity index (χ0n) is 38.1. The Morgan fingerprint density at radius 1 is 1.01 bits per heavy atom. The zero-order chi connectivity index (χ0) is 46.9. The molecule has 2 fully saturated rings. The third-order valence-electron chi connectivity index (χ3n) is 13.6. The van der Waals surface area contributed by atoms with E-state index in [1.54, 1.807) is 19.4 Å². The maximum absolute atomic E-state index is 14.5.